The molecule has 0 atom stereocenters. The Morgan fingerprint density at radius 2 is 1.90 bits per heavy atom. The molecule has 2 rings (SSSR count). The maximum atomic E-state index is 4.32. The average molecular weight is 288 g/mol. The van der Waals surface area contributed by atoms with E-state index in [0.29, 0.717) is 0 Å². The minimum absolute atomic E-state index is 0.916. The molecule has 0 amide bonds. The predicted molar refractivity (Wildman–Crippen MR) is 90.3 cm³/mol. The molecule has 0 unspecified atom stereocenters. The number of fused-ring (bicyclic) bond motifs is 1. The molecule has 0 aliphatic heterocycles. The van der Waals surface area contributed by atoms with Crippen LogP contribution in [0.2, 0.25) is 0 Å². The second-order valence-electron chi connectivity index (χ2n) is 5.10. The van der Waals surface area contributed by atoms with Crippen molar-refractivity contribution in [3.63, 3.8) is 0 Å². The van der Waals surface area contributed by atoms with Gasteiger partial charge in [-0.2, -0.15) is 11.8 Å². The van der Waals surface area contributed by atoms with Crippen LogP contribution in [-0.4, -0.2) is 23.5 Å². The zero-order chi connectivity index (χ0) is 14.0. The van der Waals surface area contributed by atoms with Gasteiger partial charge in [0.05, 0.1) is 0 Å². The van der Waals surface area contributed by atoms with Gasteiger partial charge in [-0.25, -0.2) is 0 Å². The molecule has 0 aliphatic rings. The van der Waals surface area contributed by atoms with Crippen molar-refractivity contribution in [3.8, 4) is 0 Å². The third-order valence-electron chi connectivity index (χ3n) is 3.52. The molecule has 0 saturated heterocycles. The fourth-order valence-electron chi connectivity index (χ4n) is 2.39. The Hall–Kier alpha value is -1.06. The Labute approximate surface area is 126 Å². The van der Waals surface area contributed by atoms with Crippen molar-refractivity contribution in [3.05, 3.63) is 42.2 Å². The number of thioether (sulfide) groups is 1. The number of hydrogen-bond acceptors (Lipinski definition) is 3. The Bertz CT molecular complexity index is 508. The van der Waals surface area contributed by atoms with Crippen LogP contribution in [0.1, 0.15) is 31.2 Å². The molecule has 0 spiro atoms. The Morgan fingerprint density at radius 3 is 2.80 bits per heavy atom. The van der Waals surface area contributed by atoms with E-state index in [0.717, 1.165) is 13.1 Å². The molecule has 1 aromatic carbocycles. The van der Waals surface area contributed by atoms with E-state index in [9.17, 15) is 0 Å². The summed E-state index contributed by atoms with van der Waals surface area (Å²) in [5, 5.41) is 6.08. The van der Waals surface area contributed by atoms with Crippen LogP contribution >= 0.6 is 11.8 Å². The van der Waals surface area contributed by atoms with Gasteiger partial charge in [0.25, 0.3) is 0 Å². The molecule has 0 bridgehead atoms. The second-order valence-corrected chi connectivity index (χ2v) is 6.09. The number of rotatable bonds is 9. The molecule has 108 valence electrons. The van der Waals surface area contributed by atoms with Crippen molar-refractivity contribution in [2.45, 2.75) is 32.2 Å². The summed E-state index contributed by atoms with van der Waals surface area (Å²) < 4.78 is 0. The highest BCUT2D eigenvalue weighted by Gasteiger charge is 2.00. The van der Waals surface area contributed by atoms with Crippen LogP contribution in [-0.2, 0) is 6.54 Å². The average Bonchev–Trinajstić information content (AvgIpc) is 2.50. The minimum atomic E-state index is 0.916. The molecular formula is C17H24N2S. The summed E-state index contributed by atoms with van der Waals surface area (Å²) in [6.07, 6.45) is 11.4. The van der Waals surface area contributed by atoms with Crippen LogP contribution in [0.5, 0.6) is 0 Å². The lowest BCUT2D eigenvalue weighted by molar-refractivity contribution is 0.600. The molecule has 3 heteroatoms. The number of benzene rings is 1. The van der Waals surface area contributed by atoms with Gasteiger partial charge in [-0.15, -0.1) is 0 Å². The van der Waals surface area contributed by atoms with E-state index >= 15 is 0 Å². The van der Waals surface area contributed by atoms with Crippen LogP contribution < -0.4 is 5.32 Å². The summed E-state index contributed by atoms with van der Waals surface area (Å²) in [6, 6.07) is 8.46. The Kier molecular flexibility index (Phi) is 6.89. The molecular weight excluding hydrogens is 264 g/mol. The monoisotopic (exact) mass is 288 g/mol. The van der Waals surface area contributed by atoms with Gasteiger partial charge in [-0.1, -0.05) is 37.1 Å². The van der Waals surface area contributed by atoms with Gasteiger partial charge < -0.3 is 5.32 Å². The highest BCUT2D eigenvalue weighted by atomic mass is 32.2. The molecule has 0 saturated carbocycles. The largest absolute Gasteiger partial charge is 0.313 e. The second kappa shape index (κ2) is 8.98. The zero-order valence-electron chi connectivity index (χ0n) is 12.3. The van der Waals surface area contributed by atoms with E-state index in [1.165, 1.54) is 47.8 Å². The quantitative estimate of drug-likeness (QED) is 0.698. The lowest BCUT2D eigenvalue weighted by Crippen LogP contribution is -2.15. The molecule has 0 aliphatic carbocycles. The number of pyridine rings is 1. The fraction of sp³-hybridized carbons (Fsp3) is 0.471. The van der Waals surface area contributed by atoms with Crippen LogP contribution in [0.25, 0.3) is 10.8 Å². The van der Waals surface area contributed by atoms with Gasteiger partial charge in [-0.05, 0) is 42.3 Å². The first-order valence-electron chi connectivity index (χ1n) is 7.43. The Morgan fingerprint density at radius 1 is 1.05 bits per heavy atom. The smallest absolute Gasteiger partial charge is 0.0346 e. The van der Waals surface area contributed by atoms with Crippen molar-refractivity contribution < 1.29 is 0 Å². The van der Waals surface area contributed by atoms with E-state index in [1.807, 2.05) is 24.2 Å². The third kappa shape index (κ3) is 4.80. The molecule has 2 nitrogen and oxygen atoms in total. The Balaban J connectivity index is 1.71. The number of nitrogens with one attached hydrogen (secondary N) is 1. The maximum Gasteiger partial charge on any atom is 0.0346 e. The van der Waals surface area contributed by atoms with Gasteiger partial charge in [-0.3, -0.25) is 4.98 Å². The zero-order valence-corrected chi connectivity index (χ0v) is 13.1. The van der Waals surface area contributed by atoms with Gasteiger partial charge in [0.2, 0.25) is 0 Å². The van der Waals surface area contributed by atoms with Crippen LogP contribution in [0.4, 0.5) is 0 Å². The SMILES string of the molecule is CSCCCCCCNCc1cncc2ccccc12. The van der Waals surface area contributed by atoms with Gasteiger partial charge in [0.15, 0.2) is 0 Å². The summed E-state index contributed by atoms with van der Waals surface area (Å²) in [5.41, 5.74) is 1.30. The van der Waals surface area contributed by atoms with Crippen LogP contribution in [0.3, 0.4) is 0 Å². The van der Waals surface area contributed by atoms with E-state index in [2.05, 4.69) is 40.8 Å². The standard InChI is InChI=1S/C17H24N2S/c1-20-11-7-3-2-6-10-18-13-16-14-19-12-15-8-4-5-9-17(15)16/h4-5,8-9,12,14,18H,2-3,6-7,10-11,13H2,1H3. The normalized spacial score (nSPS) is 11.1. The molecule has 2 aromatic rings. The van der Waals surface area contributed by atoms with Gasteiger partial charge in [0, 0.05) is 24.3 Å². The van der Waals surface area contributed by atoms with E-state index in [1.54, 1.807) is 0 Å². The number of unbranched alkanes of at least 4 members (excludes halogenated alkanes) is 3. The highest BCUT2D eigenvalue weighted by Crippen LogP contribution is 2.16. The fourth-order valence-corrected chi connectivity index (χ4v) is 2.89. The molecule has 0 radical (unpaired) electrons. The van der Waals surface area contributed by atoms with Crippen LogP contribution in [0, 0.1) is 0 Å². The molecule has 20 heavy (non-hydrogen) atoms. The lowest BCUT2D eigenvalue weighted by atomic mass is 10.1. The number of aromatic nitrogens is 1. The summed E-state index contributed by atoms with van der Waals surface area (Å²) in [4.78, 5) is 4.32. The number of hydrogen-bond donors (Lipinski definition) is 1. The van der Waals surface area contributed by atoms with Crippen molar-refractivity contribution in [1.29, 1.82) is 0 Å². The van der Waals surface area contributed by atoms with E-state index in [-0.39, 0.29) is 0 Å². The summed E-state index contributed by atoms with van der Waals surface area (Å²) >= 11 is 1.95. The summed E-state index contributed by atoms with van der Waals surface area (Å²) in [6.45, 7) is 2.02. The predicted octanol–water partition coefficient (Wildman–Crippen LogP) is 4.25. The maximum absolute atomic E-state index is 4.32. The molecule has 1 N–H and O–H groups in total. The van der Waals surface area contributed by atoms with Crippen molar-refractivity contribution in [2.75, 3.05) is 18.6 Å². The molecule has 1 heterocycles. The van der Waals surface area contributed by atoms with Crippen molar-refractivity contribution >= 4 is 22.5 Å². The summed E-state index contributed by atoms with van der Waals surface area (Å²) in [7, 11) is 0. The molecule has 0 fully saturated rings. The summed E-state index contributed by atoms with van der Waals surface area (Å²) in [5.74, 6) is 1.30. The highest BCUT2D eigenvalue weighted by molar-refractivity contribution is 7.98. The minimum Gasteiger partial charge on any atom is -0.313 e. The van der Waals surface area contributed by atoms with E-state index in [4.69, 9.17) is 0 Å². The third-order valence-corrected chi connectivity index (χ3v) is 4.22. The first kappa shape index (κ1) is 15.3. The van der Waals surface area contributed by atoms with Crippen molar-refractivity contribution in [1.82, 2.24) is 10.3 Å². The first-order valence-corrected chi connectivity index (χ1v) is 8.82. The topological polar surface area (TPSA) is 24.9 Å². The molecule has 1 aromatic heterocycles. The first-order chi connectivity index (χ1) is 9.92. The number of nitrogens with zero attached hydrogens (tertiary/aromatic N) is 1. The van der Waals surface area contributed by atoms with Gasteiger partial charge >= 0.3 is 0 Å². The van der Waals surface area contributed by atoms with Crippen LogP contribution in [0.15, 0.2) is 36.7 Å². The van der Waals surface area contributed by atoms with Crippen molar-refractivity contribution in [2.24, 2.45) is 0 Å². The van der Waals surface area contributed by atoms with E-state index < -0.39 is 0 Å². The lowest BCUT2D eigenvalue weighted by Gasteiger charge is -2.07. The van der Waals surface area contributed by atoms with Gasteiger partial charge in [0.1, 0.15) is 0 Å².